The molecule has 4 N–H and O–H groups in total. The summed E-state index contributed by atoms with van der Waals surface area (Å²) in [6, 6.07) is 3.75. The minimum absolute atomic E-state index is 0.223. The average molecular weight is 417 g/mol. The van der Waals surface area contributed by atoms with Crippen LogP contribution in [0.3, 0.4) is 0 Å². The van der Waals surface area contributed by atoms with Gasteiger partial charge in [-0.3, -0.25) is 10.2 Å². The summed E-state index contributed by atoms with van der Waals surface area (Å²) < 4.78 is 11.6. The second kappa shape index (κ2) is 10.1. The topological polar surface area (TPSA) is 98.0 Å². The van der Waals surface area contributed by atoms with Gasteiger partial charge in [-0.15, -0.1) is 0 Å². The molecule has 0 atom stereocenters. The molecule has 1 amide bonds. The third kappa shape index (κ3) is 7.14. The summed E-state index contributed by atoms with van der Waals surface area (Å²) in [4.78, 5) is 10.9. The molecule has 9 heteroatoms. The van der Waals surface area contributed by atoms with Gasteiger partial charge < -0.3 is 20.5 Å². The number of amides is 1. The number of nitrogens with one attached hydrogen (secondary N) is 2. The fourth-order valence-electron chi connectivity index (χ4n) is 1.67. The van der Waals surface area contributed by atoms with Gasteiger partial charge in [0.05, 0.1) is 17.3 Å². The van der Waals surface area contributed by atoms with Crippen LogP contribution in [0.15, 0.2) is 21.7 Å². The molecular formula is C15H21BrN4O3S. The SMILES string of the molecule is CCOc1cc(/C=N\NC(=S)NC(C)C)cc(Br)c1OCC(N)=O. The molecule has 0 heterocycles. The van der Waals surface area contributed by atoms with Gasteiger partial charge in [-0.05, 0) is 66.6 Å². The smallest absolute Gasteiger partial charge is 0.255 e. The Morgan fingerprint density at radius 1 is 1.46 bits per heavy atom. The molecule has 1 aromatic carbocycles. The van der Waals surface area contributed by atoms with Gasteiger partial charge in [0.15, 0.2) is 23.2 Å². The molecule has 0 aromatic heterocycles. The van der Waals surface area contributed by atoms with Crippen LogP contribution in [0.4, 0.5) is 0 Å². The molecule has 0 unspecified atom stereocenters. The molecule has 24 heavy (non-hydrogen) atoms. The van der Waals surface area contributed by atoms with E-state index in [1.807, 2.05) is 20.8 Å². The third-order valence-electron chi connectivity index (χ3n) is 2.49. The van der Waals surface area contributed by atoms with Gasteiger partial charge in [-0.25, -0.2) is 0 Å². The van der Waals surface area contributed by atoms with Crippen LogP contribution in [-0.4, -0.2) is 36.5 Å². The van der Waals surface area contributed by atoms with Gasteiger partial charge in [0.2, 0.25) is 0 Å². The number of nitrogens with zero attached hydrogens (tertiary/aromatic N) is 1. The second-order valence-electron chi connectivity index (χ2n) is 5.02. The van der Waals surface area contributed by atoms with Crippen LogP contribution in [0.1, 0.15) is 26.3 Å². The Labute approximate surface area is 155 Å². The highest BCUT2D eigenvalue weighted by Gasteiger charge is 2.12. The number of hydrazone groups is 1. The van der Waals surface area contributed by atoms with Gasteiger partial charge in [0.25, 0.3) is 5.91 Å². The van der Waals surface area contributed by atoms with Gasteiger partial charge in [0, 0.05) is 6.04 Å². The molecule has 1 aromatic rings. The number of thiocarbonyl (C=S) groups is 1. The second-order valence-corrected chi connectivity index (χ2v) is 6.28. The number of hydrogen-bond donors (Lipinski definition) is 3. The van der Waals surface area contributed by atoms with E-state index in [1.165, 1.54) is 0 Å². The number of primary amides is 1. The van der Waals surface area contributed by atoms with Crippen molar-refractivity contribution in [2.24, 2.45) is 10.8 Å². The lowest BCUT2D eigenvalue weighted by Gasteiger charge is -2.13. The first-order chi connectivity index (χ1) is 11.3. The van der Waals surface area contributed by atoms with E-state index >= 15 is 0 Å². The number of halogens is 1. The van der Waals surface area contributed by atoms with Crippen molar-refractivity contribution in [1.29, 1.82) is 0 Å². The predicted molar refractivity (Wildman–Crippen MR) is 102 cm³/mol. The molecule has 132 valence electrons. The van der Waals surface area contributed by atoms with Crippen molar-refractivity contribution in [2.75, 3.05) is 13.2 Å². The molecule has 0 aliphatic rings. The first-order valence-electron chi connectivity index (χ1n) is 7.30. The van der Waals surface area contributed by atoms with Crippen molar-refractivity contribution >= 4 is 45.4 Å². The molecule has 0 radical (unpaired) electrons. The van der Waals surface area contributed by atoms with Crippen molar-refractivity contribution in [3.05, 3.63) is 22.2 Å². The molecule has 0 saturated heterocycles. The Balaban J connectivity index is 2.89. The minimum atomic E-state index is -0.564. The molecule has 0 aliphatic carbocycles. The number of nitrogens with two attached hydrogens (primary N) is 1. The molecule has 0 aliphatic heterocycles. The standard InChI is InChI=1S/C15H21BrN4O3S/c1-4-22-12-6-10(7-18-20-15(24)19-9(2)3)5-11(16)14(12)23-8-13(17)21/h5-7,9H,4,8H2,1-3H3,(H2,17,21)(H2,19,20,24)/b18-7-. The third-order valence-corrected chi connectivity index (χ3v) is 3.29. The maximum Gasteiger partial charge on any atom is 0.255 e. The first kappa shape index (κ1) is 20.2. The van der Waals surface area contributed by atoms with Crippen LogP contribution in [-0.2, 0) is 4.79 Å². The monoisotopic (exact) mass is 416 g/mol. The highest BCUT2D eigenvalue weighted by Crippen LogP contribution is 2.36. The molecule has 7 nitrogen and oxygen atoms in total. The van der Waals surface area contributed by atoms with Crippen LogP contribution >= 0.6 is 28.1 Å². The zero-order valence-corrected chi connectivity index (χ0v) is 16.2. The number of ether oxygens (including phenoxy) is 2. The van der Waals surface area contributed by atoms with Gasteiger partial charge in [-0.1, -0.05) is 0 Å². The van der Waals surface area contributed by atoms with Crippen molar-refractivity contribution in [1.82, 2.24) is 10.7 Å². The first-order valence-corrected chi connectivity index (χ1v) is 8.50. The summed E-state index contributed by atoms with van der Waals surface area (Å²) in [7, 11) is 0. The van der Waals surface area contributed by atoms with Crippen LogP contribution in [0.25, 0.3) is 0 Å². The van der Waals surface area contributed by atoms with Crippen LogP contribution in [0.5, 0.6) is 11.5 Å². The van der Waals surface area contributed by atoms with Crippen molar-refractivity contribution in [3.63, 3.8) is 0 Å². The van der Waals surface area contributed by atoms with E-state index in [0.717, 1.165) is 5.56 Å². The number of carbonyl (C=O) groups excluding carboxylic acids is 1. The maximum atomic E-state index is 10.9. The number of rotatable bonds is 8. The highest BCUT2D eigenvalue weighted by molar-refractivity contribution is 9.10. The van der Waals surface area contributed by atoms with Crippen molar-refractivity contribution in [2.45, 2.75) is 26.8 Å². The van der Waals surface area contributed by atoms with E-state index in [0.29, 0.717) is 27.7 Å². The van der Waals surface area contributed by atoms with E-state index in [1.54, 1.807) is 18.3 Å². The Morgan fingerprint density at radius 2 is 2.17 bits per heavy atom. The average Bonchev–Trinajstić information content (AvgIpc) is 2.45. The summed E-state index contributed by atoms with van der Waals surface area (Å²) >= 11 is 8.48. The summed E-state index contributed by atoms with van der Waals surface area (Å²) in [6.45, 7) is 6.02. The van der Waals surface area contributed by atoms with Crippen molar-refractivity contribution in [3.8, 4) is 11.5 Å². The fourth-order valence-corrected chi connectivity index (χ4v) is 2.53. The summed E-state index contributed by atoms with van der Waals surface area (Å²) in [5.74, 6) is 0.334. The molecule has 0 fully saturated rings. The normalized spacial score (nSPS) is 10.7. The van der Waals surface area contributed by atoms with Crippen LogP contribution in [0.2, 0.25) is 0 Å². The quantitative estimate of drug-likeness (QED) is 0.340. The maximum absolute atomic E-state index is 10.9. The van der Waals surface area contributed by atoms with E-state index in [-0.39, 0.29) is 12.6 Å². The van der Waals surface area contributed by atoms with Crippen LogP contribution in [0, 0.1) is 0 Å². The lowest BCUT2D eigenvalue weighted by Crippen LogP contribution is -2.36. The number of hydrogen-bond acceptors (Lipinski definition) is 5. The zero-order valence-electron chi connectivity index (χ0n) is 13.8. The van der Waals surface area contributed by atoms with Gasteiger partial charge in [0.1, 0.15) is 0 Å². The summed E-state index contributed by atoms with van der Waals surface area (Å²) in [5, 5.41) is 7.52. The zero-order chi connectivity index (χ0) is 18.1. The van der Waals surface area contributed by atoms with Gasteiger partial charge >= 0.3 is 0 Å². The number of benzene rings is 1. The Bertz CT molecular complexity index is 623. The number of carbonyl (C=O) groups is 1. The molecule has 0 spiro atoms. The van der Waals surface area contributed by atoms with Crippen molar-refractivity contribution < 1.29 is 14.3 Å². The minimum Gasteiger partial charge on any atom is -0.490 e. The largest absolute Gasteiger partial charge is 0.490 e. The van der Waals surface area contributed by atoms with E-state index in [9.17, 15) is 4.79 Å². The Morgan fingerprint density at radius 3 is 2.75 bits per heavy atom. The van der Waals surface area contributed by atoms with E-state index in [2.05, 4.69) is 31.8 Å². The predicted octanol–water partition coefficient (Wildman–Crippen LogP) is 1.92. The van der Waals surface area contributed by atoms with E-state index in [4.69, 9.17) is 27.4 Å². The lowest BCUT2D eigenvalue weighted by molar-refractivity contribution is -0.119. The molecule has 0 saturated carbocycles. The summed E-state index contributed by atoms with van der Waals surface area (Å²) in [6.07, 6.45) is 1.60. The van der Waals surface area contributed by atoms with Crippen LogP contribution < -0.4 is 25.9 Å². The van der Waals surface area contributed by atoms with E-state index < -0.39 is 5.91 Å². The molecule has 0 bridgehead atoms. The molecule has 1 rings (SSSR count). The summed E-state index contributed by atoms with van der Waals surface area (Å²) in [5.41, 5.74) is 8.60. The Hall–Kier alpha value is -1.87. The highest BCUT2D eigenvalue weighted by atomic mass is 79.9. The van der Waals surface area contributed by atoms with Gasteiger partial charge in [-0.2, -0.15) is 5.10 Å². The Kier molecular flexibility index (Phi) is 8.48. The molecular weight excluding hydrogens is 396 g/mol. The lowest BCUT2D eigenvalue weighted by atomic mass is 10.2. The fraction of sp³-hybridized carbons (Fsp3) is 0.400.